The second-order valence-corrected chi connectivity index (χ2v) is 14.2. The number of carbonyl (C=O) groups is 1. The lowest BCUT2D eigenvalue weighted by molar-refractivity contribution is -0.117. The zero-order valence-electron chi connectivity index (χ0n) is 29.2. The molecule has 4 aromatic rings. The quantitative estimate of drug-likeness (QED) is 0.153. The summed E-state index contributed by atoms with van der Waals surface area (Å²) in [5.74, 6) is 2.54. The predicted molar refractivity (Wildman–Crippen MR) is 198 cm³/mol. The number of phenols is 1. The van der Waals surface area contributed by atoms with E-state index in [2.05, 4.69) is 32.6 Å². The molecule has 2 N–H and O–H groups in total. The van der Waals surface area contributed by atoms with Gasteiger partial charge in [-0.25, -0.2) is 8.78 Å². The fourth-order valence-electron chi connectivity index (χ4n) is 7.86. The van der Waals surface area contributed by atoms with Gasteiger partial charge in [0.05, 0.1) is 16.8 Å². The van der Waals surface area contributed by atoms with Crippen LogP contribution >= 0.6 is 0 Å². The minimum atomic E-state index is -1.01. The Morgan fingerprint density at radius 2 is 2.10 bits per heavy atom. The van der Waals surface area contributed by atoms with Crippen LogP contribution < -0.4 is 15.0 Å². The van der Waals surface area contributed by atoms with Crippen molar-refractivity contribution >= 4 is 34.1 Å². The first-order valence-corrected chi connectivity index (χ1v) is 17.8. The summed E-state index contributed by atoms with van der Waals surface area (Å²) in [6, 6.07) is 10.0. The monoisotopic (exact) mass is 704 g/mol. The molecule has 52 heavy (non-hydrogen) atoms. The Morgan fingerprint density at radius 1 is 1.23 bits per heavy atom. The van der Waals surface area contributed by atoms with Gasteiger partial charge in [0, 0.05) is 62.0 Å². The molecule has 268 valence electrons. The Kier molecular flexibility index (Phi) is 9.93. The highest BCUT2D eigenvalue weighted by molar-refractivity contribution is 6.02. The van der Waals surface area contributed by atoms with Crippen LogP contribution in [-0.2, 0) is 17.8 Å². The van der Waals surface area contributed by atoms with Crippen molar-refractivity contribution in [3.63, 3.8) is 0 Å². The number of aromatic hydroxyl groups is 1. The van der Waals surface area contributed by atoms with E-state index in [1.807, 2.05) is 25.1 Å². The van der Waals surface area contributed by atoms with Crippen molar-refractivity contribution in [2.24, 2.45) is 0 Å². The normalized spacial score (nSPS) is 21.9. The van der Waals surface area contributed by atoms with Crippen LogP contribution in [0.3, 0.4) is 0 Å². The first-order chi connectivity index (χ1) is 25.1. The third-order valence-electron chi connectivity index (χ3n) is 10.4. The Bertz CT molecular complexity index is 2080. The van der Waals surface area contributed by atoms with Gasteiger partial charge in [-0.15, -0.1) is 6.42 Å². The lowest BCUT2D eigenvalue weighted by Crippen LogP contribution is -2.45. The molecule has 1 unspecified atom stereocenters. The number of anilines is 1. The molecular weight excluding hydrogens is 662 g/mol. The van der Waals surface area contributed by atoms with Gasteiger partial charge in [0.1, 0.15) is 30.2 Å². The Morgan fingerprint density at radius 3 is 2.88 bits per heavy atom. The zero-order chi connectivity index (χ0) is 36.4. The number of fused-ring (bicyclic) bond motifs is 2. The molecule has 2 aromatic heterocycles. The minimum absolute atomic E-state index is 0.0418. The topological polar surface area (TPSA) is 104 Å². The van der Waals surface area contributed by atoms with Crippen molar-refractivity contribution in [3.8, 4) is 24.1 Å². The fourth-order valence-corrected chi connectivity index (χ4v) is 7.86. The summed E-state index contributed by atoms with van der Waals surface area (Å²) in [4.78, 5) is 30.7. The summed E-state index contributed by atoms with van der Waals surface area (Å²) in [5.41, 5.74) is 3.53. The lowest BCUT2D eigenvalue weighted by Gasteiger charge is -2.34. The number of terminal acetylenes is 1. The van der Waals surface area contributed by atoms with Gasteiger partial charge in [-0.2, -0.15) is 9.97 Å². The highest BCUT2D eigenvalue weighted by Crippen LogP contribution is 2.41. The number of benzene rings is 2. The van der Waals surface area contributed by atoms with Gasteiger partial charge in [-0.3, -0.25) is 14.7 Å². The summed E-state index contributed by atoms with van der Waals surface area (Å²) >= 11 is 0. The molecule has 0 radical (unpaired) electrons. The molecule has 2 fully saturated rings. The number of hydrogen-bond acceptors (Lipinski definition) is 8. The second-order valence-electron chi connectivity index (χ2n) is 14.2. The van der Waals surface area contributed by atoms with Gasteiger partial charge in [0.15, 0.2) is 0 Å². The second kappa shape index (κ2) is 14.7. The number of ether oxygens (including phenoxy) is 1. The third kappa shape index (κ3) is 7.21. The van der Waals surface area contributed by atoms with Crippen LogP contribution in [0.5, 0.6) is 11.8 Å². The largest absolute Gasteiger partial charge is 0.508 e. The van der Waals surface area contributed by atoms with E-state index in [9.17, 15) is 18.7 Å². The average molecular weight is 705 g/mol. The third-order valence-corrected chi connectivity index (χ3v) is 10.4. The smallest absolute Gasteiger partial charge is 0.318 e. The van der Waals surface area contributed by atoms with Crippen molar-refractivity contribution in [2.75, 3.05) is 31.1 Å². The molecule has 9 nitrogen and oxygen atoms in total. The Labute approximate surface area is 302 Å². The molecule has 3 aliphatic rings. The van der Waals surface area contributed by atoms with E-state index in [4.69, 9.17) is 21.1 Å². The van der Waals surface area contributed by atoms with Crippen LogP contribution in [-0.4, -0.2) is 74.9 Å². The molecule has 4 heterocycles. The molecule has 2 saturated heterocycles. The van der Waals surface area contributed by atoms with Gasteiger partial charge in [0.25, 0.3) is 0 Å². The molecule has 11 heteroatoms. The van der Waals surface area contributed by atoms with Gasteiger partial charge in [-0.05, 0) is 97.5 Å². The maximum Gasteiger partial charge on any atom is 0.318 e. The summed E-state index contributed by atoms with van der Waals surface area (Å²) < 4.78 is 36.4. The first-order valence-electron chi connectivity index (χ1n) is 17.8. The van der Waals surface area contributed by atoms with E-state index >= 15 is 0 Å². The van der Waals surface area contributed by atoms with Crippen molar-refractivity contribution in [2.45, 2.75) is 69.7 Å². The number of alkyl halides is 1. The maximum atomic E-state index is 15.0. The highest BCUT2D eigenvalue weighted by atomic mass is 19.1. The number of allylic oxidation sites excluding steroid dienone is 1. The molecule has 2 aromatic carbocycles. The van der Waals surface area contributed by atoms with E-state index in [0.29, 0.717) is 54.4 Å². The lowest BCUT2D eigenvalue weighted by atomic mass is 9.87. The number of phenolic OH excluding ortho intramolecular Hbond substituents is 1. The van der Waals surface area contributed by atoms with Crippen molar-refractivity contribution in [3.05, 3.63) is 95.2 Å². The van der Waals surface area contributed by atoms with Gasteiger partial charge in [-0.1, -0.05) is 24.6 Å². The molecule has 2 aliphatic heterocycles. The van der Waals surface area contributed by atoms with Crippen molar-refractivity contribution in [1.29, 1.82) is 0 Å². The standard InChI is InChI=1S/C41H42F2N6O3/c1-4-32-35(43)14-12-28-17-31(50)19-34(38(28)32)27-11-13-33-36(18-27)46-40(47-39(33)48-16-7-6-10-30(24-48)45-37(51)5-2)52-25-41(3)20-29(42)23-49(41)22-26-9-8-15-44-21-26/h1,5,8-9,12,14-15,17-19,21,29-30,50H,2,6-7,10-11,13,16,20,22-25H2,3H3,(H,45,51)/t29-,30?,41+/m1/s1. The molecular formula is C41H42F2N6O3. The van der Waals surface area contributed by atoms with E-state index in [1.54, 1.807) is 30.6 Å². The number of rotatable bonds is 9. The number of carbonyl (C=O) groups excluding carboxylic acids is 1. The Hall–Kier alpha value is -5.34. The first kappa shape index (κ1) is 35.1. The number of halogens is 2. The van der Waals surface area contributed by atoms with Gasteiger partial charge in [0.2, 0.25) is 5.91 Å². The number of nitrogens with one attached hydrogen (secondary N) is 1. The van der Waals surface area contributed by atoms with E-state index in [1.165, 1.54) is 12.1 Å². The summed E-state index contributed by atoms with van der Waals surface area (Å²) in [6.07, 6.45) is 15.6. The molecule has 0 spiro atoms. The number of likely N-dealkylation sites (tertiary alicyclic amines) is 1. The molecule has 1 amide bonds. The summed E-state index contributed by atoms with van der Waals surface area (Å²) in [7, 11) is 0. The zero-order valence-corrected chi connectivity index (χ0v) is 29.2. The molecule has 0 bridgehead atoms. The van der Waals surface area contributed by atoms with Crippen LogP contribution in [0.2, 0.25) is 0 Å². The predicted octanol–water partition coefficient (Wildman–Crippen LogP) is 6.38. The number of amides is 1. The number of hydrogen-bond donors (Lipinski definition) is 2. The fraction of sp³-hybridized carbons (Fsp3) is 0.366. The molecule has 3 atom stereocenters. The van der Waals surface area contributed by atoms with Crippen LogP contribution in [0.1, 0.15) is 67.0 Å². The molecule has 0 saturated carbocycles. The van der Waals surface area contributed by atoms with E-state index in [-0.39, 0.29) is 42.4 Å². The van der Waals surface area contributed by atoms with Crippen molar-refractivity contribution < 1.29 is 23.4 Å². The summed E-state index contributed by atoms with van der Waals surface area (Å²) in [5, 5.41) is 14.9. The van der Waals surface area contributed by atoms with E-state index in [0.717, 1.165) is 48.3 Å². The number of aromatic nitrogens is 3. The Balaban J connectivity index is 1.28. The number of pyridine rings is 1. The van der Waals surface area contributed by atoms with Crippen LogP contribution in [0.4, 0.5) is 14.6 Å². The molecule has 7 rings (SSSR count). The van der Waals surface area contributed by atoms with Crippen LogP contribution in [0.15, 0.2) is 61.4 Å². The van der Waals surface area contributed by atoms with E-state index < -0.39 is 17.5 Å². The van der Waals surface area contributed by atoms with Gasteiger partial charge < -0.3 is 20.1 Å². The highest BCUT2D eigenvalue weighted by Gasteiger charge is 2.43. The number of nitrogens with zero attached hydrogens (tertiary/aromatic N) is 5. The summed E-state index contributed by atoms with van der Waals surface area (Å²) in [6.45, 7) is 7.84. The average Bonchev–Trinajstić information content (AvgIpc) is 3.26. The van der Waals surface area contributed by atoms with Crippen LogP contribution in [0.25, 0.3) is 22.4 Å². The SMILES string of the molecule is C#Cc1c(F)ccc2cc(O)cc(C3=Cc4nc(OC[C@]5(C)C[C@@H](F)CN5Cc5cccnc5)nc(N5CCCCC(NC(=O)C=C)C5)c4CC3)c12. The maximum absolute atomic E-state index is 15.0. The van der Waals surface area contributed by atoms with Gasteiger partial charge >= 0.3 is 6.01 Å². The molecule has 1 aliphatic carbocycles. The van der Waals surface area contributed by atoms with Crippen molar-refractivity contribution in [1.82, 2.24) is 25.2 Å². The minimum Gasteiger partial charge on any atom is -0.508 e. The van der Waals surface area contributed by atoms with Crippen LogP contribution in [0, 0.1) is 18.2 Å².